The van der Waals surface area contributed by atoms with Crippen molar-refractivity contribution in [2.24, 2.45) is 0 Å². The van der Waals surface area contributed by atoms with Crippen LogP contribution in [0.2, 0.25) is 0 Å². The molecule has 202 valence electrons. The van der Waals surface area contributed by atoms with Crippen LogP contribution in [0.25, 0.3) is 6.08 Å². The van der Waals surface area contributed by atoms with Crippen molar-refractivity contribution in [2.75, 3.05) is 25.3 Å². The predicted molar refractivity (Wildman–Crippen MR) is 158 cm³/mol. The molecule has 0 unspecified atom stereocenters. The SMILES string of the molecule is COc1ccc(/C=C(\NC(=O)c2ccccc2)C(=O)Nc2cccc(SCC(=O)c3ccccc3OC)c2)cc1. The van der Waals surface area contributed by atoms with Crippen molar-refractivity contribution < 1.29 is 23.9 Å². The van der Waals surface area contributed by atoms with E-state index in [-0.39, 0.29) is 17.2 Å². The zero-order valence-corrected chi connectivity index (χ0v) is 22.9. The monoisotopic (exact) mass is 552 g/mol. The lowest BCUT2D eigenvalue weighted by Gasteiger charge is -2.12. The summed E-state index contributed by atoms with van der Waals surface area (Å²) in [6.07, 6.45) is 1.60. The number of ketones is 1. The number of ether oxygens (including phenoxy) is 2. The van der Waals surface area contributed by atoms with E-state index in [2.05, 4.69) is 10.6 Å². The van der Waals surface area contributed by atoms with Gasteiger partial charge in [0.2, 0.25) is 0 Å². The normalized spacial score (nSPS) is 10.9. The first-order valence-corrected chi connectivity index (χ1v) is 13.4. The summed E-state index contributed by atoms with van der Waals surface area (Å²) in [5.74, 6) is 0.443. The highest BCUT2D eigenvalue weighted by Gasteiger charge is 2.16. The fourth-order valence-electron chi connectivity index (χ4n) is 3.77. The summed E-state index contributed by atoms with van der Waals surface area (Å²) in [5, 5.41) is 5.59. The summed E-state index contributed by atoms with van der Waals surface area (Å²) in [6.45, 7) is 0. The van der Waals surface area contributed by atoms with Gasteiger partial charge in [-0.05, 0) is 66.2 Å². The van der Waals surface area contributed by atoms with E-state index in [4.69, 9.17) is 9.47 Å². The number of benzene rings is 4. The van der Waals surface area contributed by atoms with Crippen LogP contribution in [0.3, 0.4) is 0 Å². The van der Waals surface area contributed by atoms with Gasteiger partial charge in [0.1, 0.15) is 17.2 Å². The molecule has 0 aromatic heterocycles. The molecule has 0 radical (unpaired) electrons. The maximum atomic E-state index is 13.3. The number of hydrogen-bond donors (Lipinski definition) is 2. The van der Waals surface area contributed by atoms with Crippen molar-refractivity contribution in [3.8, 4) is 11.5 Å². The molecule has 0 atom stereocenters. The van der Waals surface area contributed by atoms with E-state index in [1.165, 1.54) is 18.9 Å². The number of amides is 2. The van der Waals surface area contributed by atoms with Crippen molar-refractivity contribution in [1.82, 2.24) is 5.32 Å². The Hall–Kier alpha value is -4.82. The first kappa shape index (κ1) is 28.2. The molecule has 0 fully saturated rings. The van der Waals surface area contributed by atoms with Crippen molar-refractivity contribution in [1.29, 1.82) is 0 Å². The number of carbonyl (C=O) groups is 3. The Labute approximate surface area is 237 Å². The molecule has 8 heteroatoms. The van der Waals surface area contributed by atoms with Crippen LogP contribution in [-0.2, 0) is 4.79 Å². The fraction of sp³-hybridized carbons (Fsp3) is 0.0938. The summed E-state index contributed by atoms with van der Waals surface area (Å²) < 4.78 is 10.5. The lowest BCUT2D eigenvalue weighted by Crippen LogP contribution is -2.30. The second-order valence-electron chi connectivity index (χ2n) is 8.55. The molecular weight excluding hydrogens is 524 g/mol. The Balaban J connectivity index is 1.49. The van der Waals surface area contributed by atoms with Gasteiger partial charge in [-0.3, -0.25) is 14.4 Å². The number of rotatable bonds is 11. The molecule has 2 N–H and O–H groups in total. The highest BCUT2D eigenvalue weighted by molar-refractivity contribution is 8.00. The minimum Gasteiger partial charge on any atom is -0.497 e. The first-order chi connectivity index (χ1) is 19.5. The number of hydrogen-bond acceptors (Lipinski definition) is 6. The molecule has 0 aliphatic heterocycles. The number of para-hydroxylation sites is 1. The number of nitrogens with one attached hydrogen (secondary N) is 2. The summed E-state index contributed by atoms with van der Waals surface area (Å²) in [4.78, 5) is 39.8. The Morgan fingerprint density at radius 2 is 1.52 bits per heavy atom. The van der Waals surface area contributed by atoms with Gasteiger partial charge in [0.05, 0.1) is 25.5 Å². The van der Waals surface area contributed by atoms with Gasteiger partial charge in [-0.1, -0.05) is 48.5 Å². The van der Waals surface area contributed by atoms with Gasteiger partial charge in [0.15, 0.2) is 5.78 Å². The molecule has 4 rings (SSSR count). The second-order valence-corrected chi connectivity index (χ2v) is 9.59. The highest BCUT2D eigenvalue weighted by Crippen LogP contribution is 2.25. The molecule has 0 bridgehead atoms. The van der Waals surface area contributed by atoms with E-state index in [1.54, 1.807) is 98.1 Å². The van der Waals surface area contributed by atoms with E-state index in [9.17, 15) is 14.4 Å². The minimum absolute atomic E-state index is 0.0646. The van der Waals surface area contributed by atoms with Gasteiger partial charge in [-0.15, -0.1) is 11.8 Å². The maximum Gasteiger partial charge on any atom is 0.272 e. The van der Waals surface area contributed by atoms with Gasteiger partial charge < -0.3 is 20.1 Å². The number of thioether (sulfide) groups is 1. The van der Waals surface area contributed by atoms with Crippen molar-refractivity contribution in [3.05, 3.63) is 126 Å². The summed E-state index contributed by atoms with van der Waals surface area (Å²) in [5.41, 5.74) is 2.25. The van der Waals surface area contributed by atoms with Crippen molar-refractivity contribution in [2.45, 2.75) is 4.90 Å². The molecule has 7 nitrogen and oxygen atoms in total. The van der Waals surface area contributed by atoms with E-state index in [0.717, 1.165) is 4.90 Å². The number of Topliss-reactive ketones (excluding diaryl/α,β-unsaturated/α-hetero) is 1. The zero-order valence-electron chi connectivity index (χ0n) is 22.0. The van der Waals surface area contributed by atoms with Crippen molar-refractivity contribution in [3.63, 3.8) is 0 Å². The number of anilines is 1. The van der Waals surface area contributed by atoms with Gasteiger partial charge >= 0.3 is 0 Å². The van der Waals surface area contributed by atoms with Crippen LogP contribution in [0, 0.1) is 0 Å². The van der Waals surface area contributed by atoms with Crippen LogP contribution < -0.4 is 20.1 Å². The van der Waals surface area contributed by atoms with E-state index < -0.39 is 11.8 Å². The molecule has 0 aliphatic carbocycles. The quantitative estimate of drug-likeness (QED) is 0.133. The summed E-state index contributed by atoms with van der Waals surface area (Å²) in [6, 6.07) is 30.1. The smallest absolute Gasteiger partial charge is 0.272 e. The highest BCUT2D eigenvalue weighted by atomic mass is 32.2. The van der Waals surface area contributed by atoms with E-state index in [0.29, 0.717) is 33.9 Å². The molecule has 4 aromatic carbocycles. The number of methoxy groups -OCH3 is 2. The Kier molecular flexibility index (Phi) is 9.74. The van der Waals surface area contributed by atoms with E-state index in [1.807, 2.05) is 18.2 Å². The predicted octanol–water partition coefficient (Wildman–Crippen LogP) is 6.09. The molecular formula is C32H28N2O5S. The third-order valence-electron chi connectivity index (χ3n) is 5.82. The molecule has 2 amide bonds. The zero-order chi connectivity index (χ0) is 28.3. The van der Waals surface area contributed by atoms with Gasteiger partial charge in [0, 0.05) is 16.1 Å². The van der Waals surface area contributed by atoms with Crippen LogP contribution in [-0.4, -0.2) is 37.6 Å². The lowest BCUT2D eigenvalue weighted by molar-refractivity contribution is -0.113. The third-order valence-corrected chi connectivity index (χ3v) is 6.82. The molecule has 40 heavy (non-hydrogen) atoms. The molecule has 0 saturated heterocycles. The average molecular weight is 553 g/mol. The molecule has 0 heterocycles. The average Bonchev–Trinajstić information content (AvgIpc) is 3.00. The Morgan fingerprint density at radius 1 is 0.800 bits per heavy atom. The Bertz CT molecular complexity index is 1520. The van der Waals surface area contributed by atoms with E-state index >= 15 is 0 Å². The van der Waals surface area contributed by atoms with Gasteiger partial charge in [-0.25, -0.2) is 0 Å². The topological polar surface area (TPSA) is 93.7 Å². The maximum absolute atomic E-state index is 13.3. The van der Waals surface area contributed by atoms with Crippen LogP contribution in [0.4, 0.5) is 5.69 Å². The first-order valence-electron chi connectivity index (χ1n) is 12.4. The summed E-state index contributed by atoms with van der Waals surface area (Å²) >= 11 is 1.35. The van der Waals surface area contributed by atoms with Gasteiger partial charge in [0.25, 0.3) is 11.8 Å². The summed E-state index contributed by atoms with van der Waals surface area (Å²) in [7, 11) is 3.11. The molecule has 0 spiro atoms. The third kappa shape index (κ3) is 7.61. The van der Waals surface area contributed by atoms with Crippen LogP contribution in [0.1, 0.15) is 26.3 Å². The Morgan fingerprint density at radius 3 is 2.25 bits per heavy atom. The molecule has 0 saturated carbocycles. The van der Waals surface area contributed by atoms with Crippen LogP contribution >= 0.6 is 11.8 Å². The number of carbonyl (C=O) groups excluding carboxylic acids is 3. The standard InChI is InChI=1S/C32H28N2O5S/c1-38-25-17-15-22(16-18-25)19-28(34-31(36)23-9-4-3-5-10-23)32(37)33-24-11-8-12-26(20-24)40-21-29(35)27-13-6-7-14-30(27)39-2/h3-20H,21H2,1-2H3,(H,33,37)(H,34,36)/b28-19-. The molecule has 4 aromatic rings. The van der Waals surface area contributed by atoms with Crippen molar-refractivity contribution >= 4 is 41.1 Å². The largest absolute Gasteiger partial charge is 0.497 e. The lowest BCUT2D eigenvalue weighted by atomic mass is 10.1. The fourth-order valence-corrected chi connectivity index (χ4v) is 4.61. The van der Waals surface area contributed by atoms with Crippen LogP contribution in [0.5, 0.6) is 11.5 Å². The molecule has 0 aliphatic rings. The van der Waals surface area contributed by atoms with Gasteiger partial charge in [-0.2, -0.15) is 0 Å². The second kappa shape index (κ2) is 13.8. The minimum atomic E-state index is -0.493. The van der Waals surface area contributed by atoms with Crippen LogP contribution in [0.15, 0.2) is 114 Å².